The minimum absolute atomic E-state index is 0.299. The normalized spacial score (nSPS) is 14.8. The summed E-state index contributed by atoms with van der Waals surface area (Å²) in [6.07, 6.45) is 4.32. The molecule has 1 aliphatic heterocycles. The quantitative estimate of drug-likeness (QED) is 0.554. The molecule has 1 aliphatic rings. The molecule has 0 unspecified atom stereocenters. The second-order valence-electron chi connectivity index (χ2n) is 4.31. The first-order valence-electron chi connectivity index (χ1n) is 5.68. The highest BCUT2D eigenvalue weighted by molar-refractivity contribution is 5.82. The van der Waals surface area contributed by atoms with E-state index in [4.69, 9.17) is 4.42 Å². The van der Waals surface area contributed by atoms with Crippen LogP contribution >= 0.6 is 0 Å². The van der Waals surface area contributed by atoms with E-state index >= 15 is 0 Å². The Hall–Kier alpha value is -2.03. The Morgan fingerprint density at radius 3 is 2.71 bits per heavy atom. The van der Waals surface area contributed by atoms with E-state index in [1.165, 1.54) is 11.8 Å². The van der Waals surface area contributed by atoms with Crippen LogP contribution < -0.4 is 10.5 Å². The lowest BCUT2D eigenvalue weighted by Gasteiger charge is -2.20. The van der Waals surface area contributed by atoms with E-state index in [1.54, 1.807) is 0 Å². The van der Waals surface area contributed by atoms with E-state index in [0.29, 0.717) is 5.58 Å². The maximum Gasteiger partial charge on any atom is 0.336 e. The van der Waals surface area contributed by atoms with Crippen LogP contribution in [-0.2, 0) is 0 Å². The number of anilines is 1. The summed E-state index contributed by atoms with van der Waals surface area (Å²) in [5.74, 6) is 0. The molecule has 0 aliphatic carbocycles. The van der Waals surface area contributed by atoms with Gasteiger partial charge in [0, 0.05) is 30.2 Å². The van der Waals surface area contributed by atoms with Crippen LogP contribution in [0.3, 0.4) is 0 Å². The van der Waals surface area contributed by atoms with Crippen LogP contribution in [0.25, 0.3) is 11.0 Å². The van der Waals surface area contributed by atoms with Gasteiger partial charge in [0.2, 0.25) is 0 Å². The number of fused-ring (bicyclic) bond motifs is 1. The van der Waals surface area contributed by atoms with Gasteiger partial charge in [-0.1, -0.05) is 12.2 Å². The molecule has 3 rings (SSSR count). The lowest BCUT2D eigenvalue weighted by Crippen LogP contribution is -2.19. The van der Waals surface area contributed by atoms with Gasteiger partial charge in [-0.2, -0.15) is 0 Å². The molecule has 0 atom stereocenters. The molecule has 0 fully saturated rings. The fourth-order valence-corrected chi connectivity index (χ4v) is 2.22. The molecule has 0 radical (unpaired) electrons. The largest absolute Gasteiger partial charge is 0.423 e. The Labute approximate surface area is 99.0 Å². The third-order valence-electron chi connectivity index (χ3n) is 3.10. The minimum Gasteiger partial charge on any atom is -0.423 e. The smallest absolute Gasteiger partial charge is 0.336 e. The Balaban J connectivity index is 2.17. The average molecular weight is 227 g/mol. The fourth-order valence-electron chi connectivity index (χ4n) is 2.22. The first-order valence-corrected chi connectivity index (χ1v) is 5.68. The molecule has 2 aromatic rings. The predicted octanol–water partition coefficient (Wildman–Crippen LogP) is 2.48. The zero-order chi connectivity index (χ0) is 11.8. The molecule has 86 valence electrons. The molecule has 0 saturated heterocycles. The second-order valence-corrected chi connectivity index (χ2v) is 4.31. The number of nitrogens with zero attached hydrogens (tertiary/aromatic N) is 1. The fraction of sp³-hybridized carbons (Fsp3) is 0.214. The van der Waals surface area contributed by atoms with Gasteiger partial charge < -0.3 is 9.32 Å². The van der Waals surface area contributed by atoms with E-state index in [0.717, 1.165) is 24.0 Å². The van der Waals surface area contributed by atoms with Gasteiger partial charge in [0.15, 0.2) is 0 Å². The van der Waals surface area contributed by atoms with Gasteiger partial charge in [-0.15, -0.1) is 0 Å². The molecule has 0 bridgehead atoms. The van der Waals surface area contributed by atoms with Crippen LogP contribution in [0.15, 0.2) is 45.6 Å². The SMILES string of the molecule is Cc1cc2oc(=O)ccc2cc1N1CC=CC1. The maximum atomic E-state index is 11.1. The zero-order valence-electron chi connectivity index (χ0n) is 9.64. The van der Waals surface area contributed by atoms with Gasteiger partial charge in [-0.3, -0.25) is 0 Å². The van der Waals surface area contributed by atoms with Crippen molar-refractivity contribution in [1.82, 2.24) is 0 Å². The number of benzene rings is 1. The highest BCUT2D eigenvalue weighted by atomic mass is 16.4. The van der Waals surface area contributed by atoms with E-state index in [2.05, 4.69) is 23.1 Å². The molecule has 0 spiro atoms. The summed E-state index contributed by atoms with van der Waals surface area (Å²) in [5.41, 5.74) is 2.70. The number of hydrogen-bond acceptors (Lipinski definition) is 3. The molecule has 0 saturated carbocycles. The Morgan fingerprint density at radius 2 is 1.94 bits per heavy atom. The summed E-state index contributed by atoms with van der Waals surface area (Å²) < 4.78 is 5.17. The Morgan fingerprint density at radius 1 is 1.18 bits per heavy atom. The third-order valence-corrected chi connectivity index (χ3v) is 3.10. The summed E-state index contributed by atoms with van der Waals surface area (Å²) in [4.78, 5) is 13.4. The van der Waals surface area contributed by atoms with Crippen LogP contribution in [0.1, 0.15) is 5.56 Å². The third kappa shape index (κ3) is 1.73. The molecule has 0 N–H and O–H groups in total. The van der Waals surface area contributed by atoms with E-state index in [1.807, 2.05) is 19.1 Å². The lowest BCUT2D eigenvalue weighted by molar-refractivity contribution is 0.561. The number of hydrogen-bond donors (Lipinski definition) is 0. The van der Waals surface area contributed by atoms with Crippen molar-refractivity contribution in [3.63, 3.8) is 0 Å². The molecule has 17 heavy (non-hydrogen) atoms. The summed E-state index contributed by atoms with van der Waals surface area (Å²) in [6.45, 7) is 3.94. The van der Waals surface area contributed by atoms with Crippen molar-refractivity contribution in [2.24, 2.45) is 0 Å². The molecule has 3 nitrogen and oxygen atoms in total. The van der Waals surface area contributed by atoms with Crippen molar-refractivity contribution in [3.05, 3.63) is 52.4 Å². The van der Waals surface area contributed by atoms with Gasteiger partial charge >= 0.3 is 5.63 Å². The molecule has 1 aromatic heterocycles. The van der Waals surface area contributed by atoms with Crippen LogP contribution in [-0.4, -0.2) is 13.1 Å². The summed E-state index contributed by atoms with van der Waals surface area (Å²) in [6, 6.07) is 7.29. The van der Waals surface area contributed by atoms with Gasteiger partial charge in [0.1, 0.15) is 5.58 Å². The summed E-state index contributed by atoms with van der Waals surface area (Å²) >= 11 is 0. The van der Waals surface area contributed by atoms with Crippen LogP contribution in [0, 0.1) is 6.92 Å². The molecule has 1 aromatic carbocycles. The lowest BCUT2D eigenvalue weighted by atomic mass is 10.1. The first-order chi connectivity index (χ1) is 8.24. The van der Waals surface area contributed by atoms with Crippen LogP contribution in [0.4, 0.5) is 5.69 Å². The van der Waals surface area contributed by atoms with Gasteiger partial charge in [-0.25, -0.2) is 4.79 Å². The van der Waals surface area contributed by atoms with E-state index < -0.39 is 0 Å². The average Bonchev–Trinajstić information content (AvgIpc) is 2.81. The van der Waals surface area contributed by atoms with E-state index in [-0.39, 0.29) is 5.63 Å². The maximum absolute atomic E-state index is 11.1. The monoisotopic (exact) mass is 227 g/mol. The van der Waals surface area contributed by atoms with Crippen molar-refractivity contribution in [2.45, 2.75) is 6.92 Å². The summed E-state index contributed by atoms with van der Waals surface area (Å²) in [5, 5.41) is 0.970. The minimum atomic E-state index is -0.299. The Kier molecular flexibility index (Phi) is 2.25. The van der Waals surface area contributed by atoms with Crippen LogP contribution in [0.5, 0.6) is 0 Å². The molecule has 2 heterocycles. The zero-order valence-corrected chi connectivity index (χ0v) is 9.64. The van der Waals surface area contributed by atoms with Gasteiger partial charge in [-0.05, 0) is 30.7 Å². The van der Waals surface area contributed by atoms with Crippen molar-refractivity contribution in [3.8, 4) is 0 Å². The van der Waals surface area contributed by atoms with Gasteiger partial charge in [0.05, 0.1) is 0 Å². The second kappa shape index (κ2) is 3.77. The molecule has 3 heteroatoms. The summed E-state index contributed by atoms with van der Waals surface area (Å²) in [7, 11) is 0. The number of rotatable bonds is 1. The van der Waals surface area contributed by atoms with Crippen molar-refractivity contribution in [2.75, 3.05) is 18.0 Å². The Bertz CT molecular complexity index is 647. The predicted molar refractivity (Wildman–Crippen MR) is 68.6 cm³/mol. The molecular formula is C14H13NO2. The molecule has 0 amide bonds. The first kappa shape index (κ1) is 10.1. The van der Waals surface area contributed by atoms with Crippen molar-refractivity contribution >= 4 is 16.7 Å². The van der Waals surface area contributed by atoms with Crippen molar-refractivity contribution < 1.29 is 4.42 Å². The highest BCUT2D eigenvalue weighted by Crippen LogP contribution is 2.27. The van der Waals surface area contributed by atoms with Crippen LogP contribution in [0.2, 0.25) is 0 Å². The number of aryl methyl sites for hydroxylation is 1. The standard InChI is InChI=1S/C14H13NO2/c1-10-8-13-11(4-5-14(16)17-13)9-12(10)15-6-2-3-7-15/h2-5,8-9H,6-7H2,1H3. The van der Waals surface area contributed by atoms with Crippen molar-refractivity contribution in [1.29, 1.82) is 0 Å². The van der Waals surface area contributed by atoms with Gasteiger partial charge in [0.25, 0.3) is 0 Å². The molecular weight excluding hydrogens is 214 g/mol. The van der Waals surface area contributed by atoms with E-state index in [9.17, 15) is 4.79 Å². The topological polar surface area (TPSA) is 33.5 Å². The highest BCUT2D eigenvalue weighted by Gasteiger charge is 2.11.